The zero-order valence-corrected chi connectivity index (χ0v) is 13.1. The minimum atomic E-state index is -3.03. The molecule has 0 bridgehead atoms. The molecule has 0 aliphatic rings. The third-order valence-electron chi connectivity index (χ3n) is 2.56. The molecule has 5 nitrogen and oxygen atoms in total. The van der Waals surface area contributed by atoms with Crippen molar-refractivity contribution < 1.29 is 23.5 Å². The lowest BCUT2D eigenvalue weighted by Gasteiger charge is -2.11. The van der Waals surface area contributed by atoms with Crippen LogP contribution in [0.3, 0.4) is 0 Å². The Bertz CT molecular complexity index is 492. The maximum Gasteiger partial charge on any atom is 0.371 e. The molecular formula is C13H18ClO5P. The molecule has 0 heterocycles. The van der Waals surface area contributed by atoms with Gasteiger partial charge in [-0.2, -0.15) is 0 Å². The Labute approximate surface area is 123 Å². The molecule has 112 valence electrons. The standard InChI is InChI=1S/C13H18ClO5P/c1-3-4-5-12(14)18-20(17)19-13(16)10-7-6-9(2)8-11(10)15/h6-8,12,15,20H,3-5H2,1-2H3. The highest BCUT2D eigenvalue weighted by Gasteiger charge is 2.17. The summed E-state index contributed by atoms with van der Waals surface area (Å²) >= 11 is 5.80. The van der Waals surface area contributed by atoms with Crippen molar-refractivity contribution >= 4 is 25.8 Å². The van der Waals surface area contributed by atoms with Crippen LogP contribution in [0, 0.1) is 6.92 Å². The highest BCUT2D eigenvalue weighted by atomic mass is 35.5. The summed E-state index contributed by atoms with van der Waals surface area (Å²) in [6.45, 7) is 3.76. The van der Waals surface area contributed by atoms with Crippen molar-refractivity contribution in [2.24, 2.45) is 0 Å². The van der Waals surface area contributed by atoms with E-state index in [-0.39, 0.29) is 11.3 Å². The Morgan fingerprint density at radius 1 is 1.50 bits per heavy atom. The summed E-state index contributed by atoms with van der Waals surface area (Å²) in [6.07, 6.45) is 2.29. The van der Waals surface area contributed by atoms with E-state index in [1.54, 1.807) is 13.0 Å². The number of hydrogen-bond acceptors (Lipinski definition) is 5. The first-order chi connectivity index (χ1) is 9.43. The van der Waals surface area contributed by atoms with Crippen LogP contribution in [0.15, 0.2) is 18.2 Å². The largest absolute Gasteiger partial charge is 0.507 e. The number of aryl methyl sites for hydroxylation is 1. The molecule has 0 fully saturated rings. The molecule has 1 N–H and O–H groups in total. The highest BCUT2D eigenvalue weighted by molar-refractivity contribution is 7.34. The van der Waals surface area contributed by atoms with Gasteiger partial charge >= 0.3 is 14.2 Å². The van der Waals surface area contributed by atoms with Crippen LogP contribution in [0.2, 0.25) is 0 Å². The molecule has 0 amide bonds. The summed E-state index contributed by atoms with van der Waals surface area (Å²) in [5.74, 6) is -1.12. The van der Waals surface area contributed by atoms with Crippen LogP contribution in [-0.4, -0.2) is 16.6 Å². The van der Waals surface area contributed by atoms with Crippen LogP contribution >= 0.6 is 19.9 Å². The highest BCUT2D eigenvalue weighted by Crippen LogP contribution is 2.32. The van der Waals surface area contributed by atoms with E-state index in [9.17, 15) is 14.5 Å². The van der Waals surface area contributed by atoms with E-state index in [1.165, 1.54) is 12.1 Å². The predicted molar refractivity (Wildman–Crippen MR) is 77.5 cm³/mol. The summed E-state index contributed by atoms with van der Waals surface area (Å²) in [7, 11) is -3.03. The Morgan fingerprint density at radius 2 is 2.20 bits per heavy atom. The Kier molecular flexibility index (Phi) is 7.06. The minimum Gasteiger partial charge on any atom is -0.507 e. The maximum atomic E-state index is 11.7. The third kappa shape index (κ3) is 5.53. The fraction of sp³-hybridized carbons (Fsp3) is 0.462. The molecule has 0 aromatic heterocycles. The lowest BCUT2D eigenvalue weighted by molar-refractivity contribution is 0.0707. The number of hydrogen-bond donors (Lipinski definition) is 1. The normalized spacial score (nSPS) is 13.8. The van der Waals surface area contributed by atoms with Crippen molar-refractivity contribution in [2.75, 3.05) is 0 Å². The van der Waals surface area contributed by atoms with Crippen molar-refractivity contribution in [1.29, 1.82) is 0 Å². The van der Waals surface area contributed by atoms with Crippen LogP contribution in [-0.2, 0) is 13.6 Å². The molecule has 7 heteroatoms. The second-order valence-corrected chi connectivity index (χ2v) is 5.76. The molecule has 0 spiro atoms. The number of carbonyl (C=O) groups is 1. The topological polar surface area (TPSA) is 72.8 Å². The third-order valence-corrected chi connectivity index (χ3v) is 3.84. The summed E-state index contributed by atoms with van der Waals surface area (Å²) < 4.78 is 21.1. The average Bonchev–Trinajstić information content (AvgIpc) is 2.35. The lowest BCUT2D eigenvalue weighted by atomic mass is 10.1. The first-order valence-corrected chi connectivity index (χ1v) is 7.96. The lowest BCUT2D eigenvalue weighted by Crippen LogP contribution is -2.04. The molecule has 0 aliphatic heterocycles. The molecule has 1 aromatic rings. The van der Waals surface area contributed by atoms with Crippen LogP contribution in [0.1, 0.15) is 42.1 Å². The smallest absolute Gasteiger partial charge is 0.371 e. The summed E-state index contributed by atoms with van der Waals surface area (Å²) in [5.41, 5.74) is -0.0127. The number of halogens is 1. The summed E-state index contributed by atoms with van der Waals surface area (Å²) in [4.78, 5) is 11.7. The van der Waals surface area contributed by atoms with Crippen molar-refractivity contribution in [3.05, 3.63) is 29.3 Å². The number of unbranched alkanes of at least 4 members (excludes halogenated alkanes) is 1. The van der Waals surface area contributed by atoms with Crippen LogP contribution < -0.4 is 0 Å². The zero-order valence-electron chi connectivity index (χ0n) is 11.4. The van der Waals surface area contributed by atoms with Crippen molar-refractivity contribution in [2.45, 2.75) is 38.7 Å². The molecule has 2 atom stereocenters. The molecule has 0 aliphatic carbocycles. The fourth-order valence-electron chi connectivity index (χ4n) is 1.50. The summed E-state index contributed by atoms with van der Waals surface area (Å²) in [5, 5.41) is 9.61. The van der Waals surface area contributed by atoms with Gasteiger partial charge in [0.1, 0.15) is 16.9 Å². The molecule has 1 rings (SSSR count). The SMILES string of the molecule is CCCCC(Cl)O[PH](=O)OC(=O)c1ccc(C)cc1O. The first kappa shape index (κ1) is 17.0. The van der Waals surface area contributed by atoms with Gasteiger partial charge in [0.15, 0.2) is 0 Å². The van der Waals surface area contributed by atoms with E-state index >= 15 is 0 Å². The van der Waals surface area contributed by atoms with Gasteiger partial charge in [-0.3, -0.25) is 4.52 Å². The molecule has 1 aromatic carbocycles. The number of phenols is 1. The quantitative estimate of drug-likeness (QED) is 0.607. The van der Waals surface area contributed by atoms with Crippen LogP contribution in [0.5, 0.6) is 5.75 Å². The Balaban J connectivity index is 2.55. The Morgan fingerprint density at radius 3 is 2.80 bits per heavy atom. The molecule has 0 saturated carbocycles. The molecular weight excluding hydrogens is 303 g/mol. The predicted octanol–water partition coefficient (Wildman–Crippen LogP) is 4.02. The second kappa shape index (κ2) is 8.30. The van der Waals surface area contributed by atoms with E-state index < -0.39 is 19.8 Å². The first-order valence-electron chi connectivity index (χ1n) is 6.30. The molecule has 0 saturated heterocycles. The number of carbonyl (C=O) groups excluding carboxylic acids is 1. The number of benzene rings is 1. The van der Waals surface area contributed by atoms with Gasteiger partial charge < -0.3 is 9.63 Å². The van der Waals surface area contributed by atoms with Gasteiger partial charge in [-0.25, -0.2) is 9.36 Å². The van der Waals surface area contributed by atoms with Gasteiger partial charge in [-0.1, -0.05) is 31.0 Å². The van der Waals surface area contributed by atoms with Gasteiger partial charge in [-0.15, -0.1) is 0 Å². The number of rotatable bonds is 7. The van der Waals surface area contributed by atoms with Gasteiger partial charge in [-0.05, 0) is 37.5 Å². The number of phenolic OH excluding ortho intramolecular Hbond substituents is 1. The van der Waals surface area contributed by atoms with Crippen molar-refractivity contribution in [1.82, 2.24) is 0 Å². The zero-order chi connectivity index (χ0) is 15.1. The van der Waals surface area contributed by atoms with E-state index in [1.807, 2.05) is 6.92 Å². The molecule has 2 unspecified atom stereocenters. The monoisotopic (exact) mass is 320 g/mol. The average molecular weight is 321 g/mol. The minimum absolute atomic E-state index is 0.0581. The fourth-order valence-corrected chi connectivity index (χ4v) is 2.51. The van der Waals surface area contributed by atoms with Crippen molar-refractivity contribution in [3.63, 3.8) is 0 Å². The van der Waals surface area contributed by atoms with Gasteiger partial charge in [0.2, 0.25) is 0 Å². The van der Waals surface area contributed by atoms with E-state index in [0.29, 0.717) is 6.42 Å². The number of alkyl halides is 1. The molecule has 0 radical (unpaired) electrons. The Hall–Kier alpha value is -1.03. The van der Waals surface area contributed by atoms with Crippen LogP contribution in [0.25, 0.3) is 0 Å². The maximum absolute atomic E-state index is 11.7. The van der Waals surface area contributed by atoms with Gasteiger partial charge in [0.25, 0.3) is 0 Å². The van der Waals surface area contributed by atoms with E-state index in [4.69, 9.17) is 16.1 Å². The van der Waals surface area contributed by atoms with Crippen molar-refractivity contribution in [3.8, 4) is 5.75 Å². The van der Waals surface area contributed by atoms with Crippen LogP contribution in [0.4, 0.5) is 0 Å². The van der Waals surface area contributed by atoms with E-state index in [0.717, 1.165) is 18.4 Å². The summed E-state index contributed by atoms with van der Waals surface area (Å²) in [6, 6.07) is 4.46. The molecule has 20 heavy (non-hydrogen) atoms. The second-order valence-electron chi connectivity index (χ2n) is 4.33. The van der Waals surface area contributed by atoms with Gasteiger partial charge in [0.05, 0.1) is 0 Å². The number of aromatic hydroxyl groups is 1. The van der Waals surface area contributed by atoms with E-state index in [2.05, 4.69) is 4.52 Å². The van der Waals surface area contributed by atoms with Gasteiger partial charge in [0, 0.05) is 0 Å².